The molecule has 0 atom stereocenters. The van der Waals surface area contributed by atoms with Crippen molar-refractivity contribution < 1.29 is 4.79 Å². The van der Waals surface area contributed by atoms with E-state index in [0.717, 1.165) is 15.8 Å². The van der Waals surface area contributed by atoms with Gasteiger partial charge in [0, 0.05) is 16.4 Å². The van der Waals surface area contributed by atoms with Crippen LogP contribution in [0.1, 0.15) is 35.7 Å². The average Bonchev–Trinajstić information content (AvgIpc) is 3.06. The van der Waals surface area contributed by atoms with Crippen LogP contribution in [0.25, 0.3) is 5.69 Å². The van der Waals surface area contributed by atoms with Gasteiger partial charge in [-0.05, 0) is 47.9 Å². The van der Waals surface area contributed by atoms with Crippen LogP contribution < -0.4 is 5.32 Å². The second-order valence-corrected chi connectivity index (χ2v) is 6.80. The third-order valence-corrected chi connectivity index (χ3v) is 4.30. The third kappa shape index (κ3) is 3.74. The molecule has 1 N–H and O–H groups in total. The lowest BCUT2D eigenvalue weighted by molar-refractivity contribution is 0.102. The Bertz CT molecular complexity index is 836. The van der Waals surface area contributed by atoms with Gasteiger partial charge in [-0.25, -0.2) is 4.68 Å². The van der Waals surface area contributed by atoms with E-state index in [-0.39, 0.29) is 5.91 Å². The van der Waals surface area contributed by atoms with E-state index < -0.39 is 0 Å². The number of hydrogen-bond donors (Lipinski definition) is 1. The summed E-state index contributed by atoms with van der Waals surface area (Å²) in [5.41, 5.74) is 3.45. The molecule has 2 aromatic carbocycles. The fraction of sp³-hybridized carbons (Fsp3) is 0.158. The third-order valence-electron chi connectivity index (χ3n) is 3.77. The van der Waals surface area contributed by atoms with E-state index in [1.54, 1.807) is 17.1 Å². The van der Waals surface area contributed by atoms with Gasteiger partial charge in [0.15, 0.2) is 0 Å². The molecule has 1 aromatic heterocycles. The van der Waals surface area contributed by atoms with E-state index in [0.29, 0.717) is 11.5 Å². The van der Waals surface area contributed by atoms with Crippen molar-refractivity contribution in [2.45, 2.75) is 19.8 Å². The topological polar surface area (TPSA) is 46.9 Å². The average molecular weight is 384 g/mol. The molecule has 0 unspecified atom stereocenters. The van der Waals surface area contributed by atoms with Gasteiger partial charge in [-0.2, -0.15) is 5.10 Å². The van der Waals surface area contributed by atoms with Gasteiger partial charge in [-0.1, -0.05) is 41.9 Å². The van der Waals surface area contributed by atoms with Gasteiger partial charge in [0.2, 0.25) is 0 Å². The minimum atomic E-state index is -0.171. The van der Waals surface area contributed by atoms with Crippen molar-refractivity contribution in [3.63, 3.8) is 0 Å². The first-order chi connectivity index (χ1) is 11.5. The molecule has 5 heteroatoms. The van der Waals surface area contributed by atoms with Crippen molar-refractivity contribution in [2.75, 3.05) is 5.32 Å². The molecule has 0 aliphatic heterocycles. The maximum absolute atomic E-state index is 12.4. The Morgan fingerprint density at radius 3 is 2.38 bits per heavy atom. The highest BCUT2D eigenvalue weighted by atomic mass is 79.9. The first-order valence-corrected chi connectivity index (χ1v) is 8.54. The van der Waals surface area contributed by atoms with Crippen LogP contribution in [0.5, 0.6) is 0 Å². The van der Waals surface area contributed by atoms with Crippen LogP contribution in [0.4, 0.5) is 5.69 Å². The second kappa shape index (κ2) is 7.01. The van der Waals surface area contributed by atoms with E-state index in [9.17, 15) is 4.79 Å². The van der Waals surface area contributed by atoms with Crippen LogP contribution in [0.15, 0.2) is 65.4 Å². The van der Waals surface area contributed by atoms with Crippen molar-refractivity contribution >= 4 is 27.5 Å². The standard InChI is InChI=1S/C19H18BrN3O/c1-13(2)14-3-7-17(8-4-14)22-19(24)15-11-21-23(12-15)18-9-5-16(20)6-10-18/h3-13H,1-2H3,(H,22,24). The number of halogens is 1. The van der Waals surface area contributed by atoms with E-state index in [1.807, 2.05) is 48.5 Å². The molecule has 1 heterocycles. The quantitative estimate of drug-likeness (QED) is 0.687. The number of rotatable bonds is 4. The summed E-state index contributed by atoms with van der Waals surface area (Å²) in [7, 11) is 0. The van der Waals surface area contributed by atoms with Crippen molar-refractivity contribution in [1.82, 2.24) is 9.78 Å². The smallest absolute Gasteiger partial charge is 0.258 e. The lowest BCUT2D eigenvalue weighted by atomic mass is 10.0. The van der Waals surface area contributed by atoms with E-state index in [4.69, 9.17) is 0 Å². The van der Waals surface area contributed by atoms with Gasteiger partial charge in [-0.3, -0.25) is 4.79 Å². The van der Waals surface area contributed by atoms with Crippen LogP contribution in [-0.4, -0.2) is 15.7 Å². The van der Waals surface area contributed by atoms with Gasteiger partial charge in [0.1, 0.15) is 0 Å². The molecule has 3 aromatic rings. The van der Waals surface area contributed by atoms with E-state index in [2.05, 4.69) is 40.2 Å². The largest absolute Gasteiger partial charge is 0.322 e. The summed E-state index contributed by atoms with van der Waals surface area (Å²) in [5.74, 6) is 0.301. The predicted octanol–water partition coefficient (Wildman–Crippen LogP) is 5.01. The van der Waals surface area contributed by atoms with E-state index >= 15 is 0 Å². The Kier molecular flexibility index (Phi) is 4.81. The van der Waals surface area contributed by atoms with Crippen molar-refractivity contribution in [2.24, 2.45) is 0 Å². The Morgan fingerprint density at radius 2 is 1.75 bits per heavy atom. The number of hydrogen-bond acceptors (Lipinski definition) is 2. The molecule has 0 spiro atoms. The zero-order valence-electron chi connectivity index (χ0n) is 13.5. The van der Waals surface area contributed by atoms with Crippen LogP contribution in [0.3, 0.4) is 0 Å². The highest BCUT2D eigenvalue weighted by molar-refractivity contribution is 9.10. The number of benzene rings is 2. The molecule has 0 saturated carbocycles. The van der Waals surface area contributed by atoms with E-state index in [1.165, 1.54) is 5.56 Å². The van der Waals surface area contributed by atoms with Crippen LogP contribution in [-0.2, 0) is 0 Å². The summed E-state index contributed by atoms with van der Waals surface area (Å²) in [5, 5.41) is 7.16. The van der Waals surface area contributed by atoms with Crippen molar-refractivity contribution in [3.8, 4) is 5.69 Å². The van der Waals surface area contributed by atoms with Crippen molar-refractivity contribution in [1.29, 1.82) is 0 Å². The molecule has 0 radical (unpaired) electrons. The molecule has 0 saturated heterocycles. The monoisotopic (exact) mass is 383 g/mol. The Hall–Kier alpha value is -2.40. The van der Waals surface area contributed by atoms with Crippen molar-refractivity contribution in [3.05, 3.63) is 76.5 Å². The molecule has 3 rings (SSSR count). The predicted molar refractivity (Wildman–Crippen MR) is 99.7 cm³/mol. The van der Waals surface area contributed by atoms with Crippen LogP contribution in [0.2, 0.25) is 0 Å². The number of carbonyl (C=O) groups excluding carboxylic acids is 1. The summed E-state index contributed by atoms with van der Waals surface area (Å²) in [6, 6.07) is 15.7. The number of carbonyl (C=O) groups is 1. The molecule has 0 bridgehead atoms. The zero-order valence-corrected chi connectivity index (χ0v) is 15.1. The summed E-state index contributed by atoms with van der Waals surface area (Å²) in [4.78, 5) is 12.4. The second-order valence-electron chi connectivity index (χ2n) is 5.88. The highest BCUT2D eigenvalue weighted by Gasteiger charge is 2.10. The van der Waals surface area contributed by atoms with Gasteiger partial charge < -0.3 is 5.32 Å². The summed E-state index contributed by atoms with van der Waals surface area (Å²) in [6.45, 7) is 4.29. The van der Waals surface area contributed by atoms with Gasteiger partial charge in [0.05, 0.1) is 17.4 Å². The van der Waals surface area contributed by atoms with Gasteiger partial charge in [0.25, 0.3) is 5.91 Å². The first kappa shape index (κ1) is 16.5. The number of anilines is 1. The molecule has 0 fully saturated rings. The SMILES string of the molecule is CC(C)c1ccc(NC(=O)c2cnn(-c3ccc(Br)cc3)c2)cc1. The number of nitrogens with one attached hydrogen (secondary N) is 1. The highest BCUT2D eigenvalue weighted by Crippen LogP contribution is 2.18. The lowest BCUT2D eigenvalue weighted by Gasteiger charge is -2.07. The van der Waals surface area contributed by atoms with Gasteiger partial charge in [-0.15, -0.1) is 0 Å². The molecule has 24 heavy (non-hydrogen) atoms. The molecular formula is C19H18BrN3O. The van der Waals surface area contributed by atoms with Gasteiger partial charge >= 0.3 is 0 Å². The summed E-state index contributed by atoms with van der Waals surface area (Å²) in [6.07, 6.45) is 3.29. The van der Waals surface area contributed by atoms with Crippen LogP contribution >= 0.6 is 15.9 Å². The Labute approximate surface area is 149 Å². The fourth-order valence-corrected chi connectivity index (χ4v) is 2.59. The number of nitrogens with zero attached hydrogens (tertiary/aromatic N) is 2. The first-order valence-electron chi connectivity index (χ1n) is 7.75. The van der Waals surface area contributed by atoms with Crippen LogP contribution in [0, 0.1) is 0 Å². The minimum Gasteiger partial charge on any atom is -0.322 e. The minimum absolute atomic E-state index is 0.171. The molecule has 0 aliphatic carbocycles. The number of aromatic nitrogens is 2. The summed E-state index contributed by atoms with van der Waals surface area (Å²) < 4.78 is 2.68. The molecular weight excluding hydrogens is 366 g/mol. The zero-order chi connectivity index (χ0) is 17.1. The Balaban J connectivity index is 1.72. The molecule has 0 aliphatic rings. The molecule has 122 valence electrons. The maximum atomic E-state index is 12.4. The fourth-order valence-electron chi connectivity index (χ4n) is 2.33. The lowest BCUT2D eigenvalue weighted by Crippen LogP contribution is -2.11. The molecule has 1 amide bonds. The number of amides is 1. The Morgan fingerprint density at radius 1 is 1.08 bits per heavy atom. The molecule has 4 nitrogen and oxygen atoms in total. The maximum Gasteiger partial charge on any atom is 0.258 e. The normalized spacial score (nSPS) is 10.8. The summed E-state index contributed by atoms with van der Waals surface area (Å²) >= 11 is 3.40.